The number of benzene rings is 1. The van der Waals surface area contributed by atoms with Crippen LogP contribution < -0.4 is 5.32 Å². The molecule has 1 aromatic carbocycles. The number of hydrogen-bond acceptors (Lipinski definition) is 5. The molecule has 1 N–H and O–H groups in total. The molecule has 0 spiro atoms. The van der Waals surface area contributed by atoms with E-state index in [-0.39, 0.29) is 11.9 Å². The normalized spacial score (nSPS) is 15.1. The van der Waals surface area contributed by atoms with Crippen LogP contribution in [0.1, 0.15) is 47.1 Å². The number of fused-ring (bicyclic) bond motifs is 1. The highest BCUT2D eigenvalue weighted by atomic mass is 16.5. The smallest absolute Gasteiger partial charge is 0.253 e. The second-order valence-corrected chi connectivity index (χ2v) is 8.10. The molecule has 4 rings (SSSR count). The highest BCUT2D eigenvalue weighted by Crippen LogP contribution is 2.19. The van der Waals surface area contributed by atoms with E-state index in [1.807, 2.05) is 17.7 Å². The topological polar surface area (TPSA) is 72.3 Å². The van der Waals surface area contributed by atoms with Gasteiger partial charge >= 0.3 is 0 Å². The first-order chi connectivity index (χ1) is 14.5. The number of rotatable bonds is 6. The number of amides is 1. The highest BCUT2D eigenvalue weighted by molar-refractivity contribution is 5.98. The van der Waals surface area contributed by atoms with Crippen molar-refractivity contribution in [3.8, 4) is 0 Å². The van der Waals surface area contributed by atoms with Gasteiger partial charge < -0.3 is 10.1 Å². The third-order valence-electron chi connectivity index (χ3n) is 5.48. The minimum absolute atomic E-state index is 0.114. The highest BCUT2D eigenvalue weighted by Gasteiger charge is 2.15. The quantitative estimate of drug-likeness (QED) is 0.680. The maximum Gasteiger partial charge on any atom is 0.253 e. The monoisotopic (exact) mass is 407 g/mol. The van der Waals surface area contributed by atoms with Gasteiger partial charge in [-0.2, -0.15) is 5.10 Å². The maximum atomic E-state index is 12.8. The Balaban J connectivity index is 1.39. The van der Waals surface area contributed by atoms with Gasteiger partial charge in [-0.1, -0.05) is 24.3 Å². The van der Waals surface area contributed by atoms with Crippen molar-refractivity contribution in [2.45, 2.75) is 39.9 Å². The molecule has 1 fully saturated rings. The molecule has 1 aliphatic rings. The van der Waals surface area contributed by atoms with Crippen LogP contribution in [0, 0.1) is 6.92 Å². The summed E-state index contributed by atoms with van der Waals surface area (Å²) in [7, 11) is 0. The molecule has 30 heavy (non-hydrogen) atoms. The zero-order valence-electron chi connectivity index (χ0n) is 17.9. The average molecular weight is 408 g/mol. The number of nitrogens with zero attached hydrogens (tertiary/aromatic N) is 4. The number of ether oxygens (including phenoxy) is 1. The molecule has 1 amide bonds. The molecule has 3 aromatic rings. The van der Waals surface area contributed by atoms with E-state index in [0.29, 0.717) is 17.8 Å². The van der Waals surface area contributed by atoms with Gasteiger partial charge in [0.15, 0.2) is 5.65 Å². The van der Waals surface area contributed by atoms with Crippen LogP contribution in [0.5, 0.6) is 0 Å². The van der Waals surface area contributed by atoms with E-state index >= 15 is 0 Å². The Labute approximate surface area is 177 Å². The lowest BCUT2D eigenvalue weighted by atomic mass is 10.1. The van der Waals surface area contributed by atoms with Gasteiger partial charge in [-0.3, -0.25) is 9.69 Å². The molecule has 1 saturated heterocycles. The first-order valence-electron chi connectivity index (χ1n) is 10.5. The summed E-state index contributed by atoms with van der Waals surface area (Å²) in [6.45, 7) is 11.0. The summed E-state index contributed by atoms with van der Waals surface area (Å²) in [6.07, 6.45) is 1.77. The van der Waals surface area contributed by atoms with Crippen LogP contribution >= 0.6 is 0 Å². The van der Waals surface area contributed by atoms with E-state index in [0.717, 1.165) is 49.4 Å². The van der Waals surface area contributed by atoms with Gasteiger partial charge in [0.1, 0.15) is 0 Å². The zero-order chi connectivity index (χ0) is 21.1. The number of carbonyl (C=O) groups is 1. The summed E-state index contributed by atoms with van der Waals surface area (Å²) in [5, 5.41) is 8.29. The number of aromatic nitrogens is 3. The Kier molecular flexibility index (Phi) is 6.11. The number of morpholine rings is 1. The predicted octanol–water partition coefficient (Wildman–Crippen LogP) is 3.08. The zero-order valence-corrected chi connectivity index (χ0v) is 17.9. The molecule has 0 unspecified atom stereocenters. The molecule has 0 aliphatic carbocycles. The molecular formula is C23H29N5O2. The first kappa shape index (κ1) is 20.5. The van der Waals surface area contributed by atoms with Crippen LogP contribution in [-0.2, 0) is 17.8 Å². The second-order valence-electron chi connectivity index (χ2n) is 8.10. The lowest BCUT2D eigenvalue weighted by molar-refractivity contribution is 0.0342. The summed E-state index contributed by atoms with van der Waals surface area (Å²) in [6, 6.07) is 10.5. The van der Waals surface area contributed by atoms with Crippen LogP contribution in [0.2, 0.25) is 0 Å². The van der Waals surface area contributed by atoms with Crippen LogP contribution in [0.4, 0.5) is 0 Å². The van der Waals surface area contributed by atoms with Gasteiger partial charge in [0, 0.05) is 37.6 Å². The number of pyridine rings is 1. The Hall–Kier alpha value is -2.77. The summed E-state index contributed by atoms with van der Waals surface area (Å²) in [5.74, 6) is -0.114. The third kappa shape index (κ3) is 4.52. The molecule has 0 bridgehead atoms. The van der Waals surface area contributed by atoms with Crippen LogP contribution in [-0.4, -0.2) is 51.9 Å². The number of nitrogens with one attached hydrogen (secondary N) is 1. The maximum absolute atomic E-state index is 12.8. The van der Waals surface area contributed by atoms with Crippen molar-refractivity contribution >= 4 is 16.9 Å². The van der Waals surface area contributed by atoms with Crippen molar-refractivity contribution < 1.29 is 9.53 Å². The van der Waals surface area contributed by atoms with Gasteiger partial charge in [0.05, 0.1) is 30.7 Å². The van der Waals surface area contributed by atoms with Gasteiger partial charge in [0.2, 0.25) is 0 Å². The van der Waals surface area contributed by atoms with E-state index < -0.39 is 0 Å². The molecular weight excluding hydrogens is 378 g/mol. The second kappa shape index (κ2) is 8.93. The Morgan fingerprint density at radius 2 is 1.87 bits per heavy atom. The molecule has 2 aromatic heterocycles. The minimum Gasteiger partial charge on any atom is -0.379 e. The largest absolute Gasteiger partial charge is 0.379 e. The van der Waals surface area contributed by atoms with Crippen molar-refractivity contribution in [1.29, 1.82) is 0 Å². The van der Waals surface area contributed by atoms with E-state index in [9.17, 15) is 4.79 Å². The van der Waals surface area contributed by atoms with Crippen LogP contribution in [0.15, 0.2) is 36.5 Å². The minimum atomic E-state index is -0.114. The van der Waals surface area contributed by atoms with Crippen molar-refractivity contribution in [3.63, 3.8) is 0 Å². The lowest BCUT2D eigenvalue weighted by Crippen LogP contribution is -2.35. The lowest BCUT2D eigenvalue weighted by Gasteiger charge is -2.26. The Bertz CT molecular complexity index is 1020. The number of carbonyl (C=O) groups excluding carboxylic acids is 1. The van der Waals surface area contributed by atoms with E-state index in [4.69, 9.17) is 4.74 Å². The fraction of sp³-hybridized carbons (Fsp3) is 0.435. The van der Waals surface area contributed by atoms with Gasteiger partial charge in [-0.15, -0.1) is 0 Å². The van der Waals surface area contributed by atoms with E-state index in [1.165, 1.54) is 5.56 Å². The first-order valence-corrected chi connectivity index (χ1v) is 10.5. The molecule has 7 nitrogen and oxygen atoms in total. The molecule has 1 aliphatic heterocycles. The summed E-state index contributed by atoms with van der Waals surface area (Å²) >= 11 is 0. The Morgan fingerprint density at radius 3 is 2.57 bits per heavy atom. The summed E-state index contributed by atoms with van der Waals surface area (Å²) in [5.41, 5.74) is 4.47. The van der Waals surface area contributed by atoms with Crippen molar-refractivity contribution in [3.05, 3.63) is 58.9 Å². The van der Waals surface area contributed by atoms with Crippen molar-refractivity contribution in [2.75, 3.05) is 26.3 Å². The molecule has 0 radical (unpaired) electrons. The molecule has 0 atom stereocenters. The standard InChI is InChI=1S/C23H29N5O2/c1-16(2)28-22-20(14-25-28)12-21(17(3)26-22)23(29)24-13-18-4-6-19(7-5-18)15-27-8-10-30-11-9-27/h4-7,12,14,16H,8-11,13,15H2,1-3H3,(H,24,29). The average Bonchev–Trinajstić information content (AvgIpc) is 3.16. The SMILES string of the molecule is Cc1nc2c(cnn2C(C)C)cc1C(=O)NCc1ccc(CN2CCOCC2)cc1. The summed E-state index contributed by atoms with van der Waals surface area (Å²) < 4.78 is 7.28. The van der Waals surface area contributed by atoms with Gasteiger partial charge in [0.25, 0.3) is 5.91 Å². The van der Waals surface area contributed by atoms with E-state index in [2.05, 4.69) is 58.4 Å². The molecule has 0 saturated carbocycles. The van der Waals surface area contributed by atoms with Gasteiger partial charge in [-0.05, 0) is 38.0 Å². The number of hydrogen-bond donors (Lipinski definition) is 1. The predicted molar refractivity (Wildman–Crippen MR) is 116 cm³/mol. The van der Waals surface area contributed by atoms with E-state index in [1.54, 1.807) is 6.20 Å². The van der Waals surface area contributed by atoms with Crippen LogP contribution in [0.3, 0.4) is 0 Å². The number of aryl methyl sites for hydroxylation is 1. The Morgan fingerprint density at radius 1 is 1.17 bits per heavy atom. The fourth-order valence-corrected chi connectivity index (χ4v) is 3.73. The van der Waals surface area contributed by atoms with Crippen LogP contribution in [0.25, 0.3) is 11.0 Å². The van der Waals surface area contributed by atoms with Crippen molar-refractivity contribution in [1.82, 2.24) is 25.0 Å². The van der Waals surface area contributed by atoms with Gasteiger partial charge in [-0.25, -0.2) is 9.67 Å². The summed E-state index contributed by atoms with van der Waals surface area (Å²) in [4.78, 5) is 19.8. The molecule has 3 heterocycles. The molecule has 7 heteroatoms. The fourth-order valence-electron chi connectivity index (χ4n) is 3.73. The molecule has 158 valence electrons. The third-order valence-corrected chi connectivity index (χ3v) is 5.48. The van der Waals surface area contributed by atoms with Crippen molar-refractivity contribution in [2.24, 2.45) is 0 Å².